The molecule has 0 saturated heterocycles. The molecule has 0 aliphatic carbocycles. The average molecular weight is 449 g/mol. The molecule has 162 valence electrons. The molecule has 4 nitrogen and oxygen atoms in total. The van der Waals surface area contributed by atoms with Crippen LogP contribution < -0.4 is 5.32 Å². The Labute approximate surface area is 191 Å². The van der Waals surface area contributed by atoms with E-state index in [0.717, 1.165) is 5.56 Å². The molecule has 1 atom stereocenters. The SMILES string of the molecule is C[C@]1(C(=O)Nc2ccc(Cl)cc2C(=O)c2ccccc2)CC=CN1Cc1cccc(F)c1. The second kappa shape index (κ2) is 8.97. The van der Waals surface area contributed by atoms with Gasteiger partial charge in [-0.3, -0.25) is 9.59 Å². The molecule has 1 N–H and O–H groups in total. The molecule has 0 fully saturated rings. The third-order valence-electron chi connectivity index (χ3n) is 5.68. The Kier molecular flexibility index (Phi) is 6.10. The predicted molar refractivity (Wildman–Crippen MR) is 124 cm³/mol. The quantitative estimate of drug-likeness (QED) is 0.483. The van der Waals surface area contributed by atoms with Crippen LogP contribution in [0.1, 0.15) is 34.8 Å². The third kappa shape index (κ3) is 4.43. The van der Waals surface area contributed by atoms with E-state index in [9.17, 15) is 14.0 Å². The number of ketones is 1. The van der Waals surface area contributed by atoms with Gasteiger partial charge in [-0.25, -0.2) is 4.39 Å². The molecule has 0 spiro atoms. The molecule has 3 aromatic carbocycles. The smallest absolute Gasteiger partial charge is 0.250 e. The molecule has 0 radical (unpaired) electrons. The van der Waals surface area contributed by atoms with Gasteiger partial charge in [-0.15, -0.1) is 0 Å². The van der Waals surface area contributed by atoms with Crippen molar-refractivity contribution in [3.05, 3.63) is 113 Å². The zero-order valence-electron chi connectivity index (χ0n) is 17.5. The second-order valence-electron chi connectivity index (χ2n) is 7.96. The van der Waals surface area contributed by atoms with Gasteiger partial charge in [-0.1, -0.05) is 60.1 Å². The lowest BCUT2D eigenvalue weighted by Crippen LogP contribution is -2.49. The van der Waals surface area contributed by atoms with E-state index >= 15 is 0 Å². The fourth-order valence-corrected chi connectivity index (χ4v) is 3.96. The van der Waals surface area contributed by atoms with Crippen LogP contribution >= 0.6 is 11.6 Å². The number of hydrogen-bond donors (Lipinski definition) is 1. The van der Waals surface area contributed by atoms with E-state index in [1.807, 2.05) is 36.2 Å². The van der Waals surface area contributed by atoms with Gasteiger partial charge in [-0.2, -0.15) is 0 Å². The van der Waals surface area contributed by atoms with Gasteiger partial charge in [0.15, 0.2) is 5.78 Å². The van der Waals surface area contributed by atoms with E-state index in [2.05, 4.69) is 5.32 Å². The van der Waals surface area contributed by atoms with Crippen molar-refractivity contribution in [2.45, 2.75) is 25.4 Å². The van der Waals surface area contributed by atoms with Gasteiger partial charge in [0.05, 0.1) is 5.69 Å². The largest absolute Gasteiger partial charge is 0.359 e. The molecule has 3 aromatic rings. The number of benzene rings is 3. The molecule has 1 aliphatic rings. The van der Waals surface area contributed by atoms with Crippen molar-refractivity contribution in [1.82, 2.24) is 4.90 Å². The van der Waals surface area contributed by atoms with Crippen LogP contribution in [-0.2, 0) is 11.3 Å². The summed E-state index contributed by atoms with van der Waals surface area (Å²) in [6.07, 6.45) is 4.25. The minimum Gasteiger partial charge on any atom is -0.359 e. The zero-order valence-corrected chi connectivity index (χ0v) is 18.3. The average Bonchev–Trinajstić information content (AvgIpc) is 3.16. The maximum Gasteiger partial charge on any atom is 0.250 e. The van der Waals surface area contributed by atoms with Gasteiger partial charge in [0.25, 0.3) is 0 Å². The number of hydrogen-bond acceptors (Lipinski definition) is 3. The molecule has 6 heteroatoms. The summed E-state index contributed by atoms with van der Waals surface area (Å²) in [5, 5.41) is 3.33. The van der Waals surface area contributed by atoms with Crippen LogP contribution in [0.2, 0.25) is 5.02 Å². The van der Waals surface area contributed by atoms with E-state index in [1.165, 1.54) is 12.1 Å². The third-order valence-corrected chi connectivity index (χ3v) is 5.91. The highest BCUT2D eigenvalue weighted by atomic mass is 35.5. The summed E-state index contributed by atoms with van der Waals surface area (Å²) in [4.78, 5) is 28.3. The highest BCUT2D eigenvalue weighted by molar-refractivity contribution is 6.31. The van der Waals surface area contributed by atoms with Crippen LogP contribution in [0.15, 0.2) is 85.1 Å². The molecular weight excluding hydrogens is 427 g/mol. The molecule has 1 aliphatic heterocycles. The summed E-state index contributed by atoms with van der Waals surface area (Å²) in [7, 11) is 0. The van der Waals surface area contributed by atoms with E-state index < -0.39 is 5.54 Å². The highest BCUT2D eigenvalue weighted by Crippen LogP contribution is 2.32. The standard InChI is InChI=1S/C26H22ClFN2O2/c1-26(13-6-14-30(26)17-18-7-5-10-21(28)15-18)25(32)29-23-12-11-20(27)16-22(23)24(31)19-8-3-2-4-9-19/h2-12,14-16H,13,17H2,1H3,(H,29,32)/t26-/m1/s1. The van der Waals surface area contributed by atoms with Crippen LogP contribution in [0.5, 0.6) is 0 Å². The number of carbonyl (C=O) groups is 2. The lowest BCUT2D eigenvalue weighted by molar-refractivity contribution is -0.125. The number of nitrogens with zero attached hydrogens (tertiary/aromatic N) is 1. The van der Waals surface area contributed by atoms with Gasteiger partial charge in [-0.05, 0) is 55.4 Å². The Bertz CT molecular complexity index is 1200. The van der Waals surface area contributed by atoms with Crippen LogP contribution in [0, 0.1) is 5.82 Å². The molecule has 1 amide bonds. The van der Waals surface area contributed by atoms with Crippen LogP contribution in [-0.4, -0.2) is 22.1 Å². The van der Waals surface area contributed by atoms with Crippen molar-refractivity contribution in [2.24, 2.45) is 0 Å². The normalized spacial score (nSPS) is 17.4. The number of carbonyl (C=O) groups excluding carboxylic acids is 2. The Morgan fingerprint density at radius 1 is 1.06 bits per heavy atom. The first-order chi connectivity index (χ1) is 15.4. The Morgan fingerprint density at radius 3 is 2.59 bits per heavy atom. The van der Waals surface area contributed by atoms with Gasteiger partial charge in [0.2, 0.25) is 5.91 Å². The van der Waals surface area contributed by atoms with Crippen molar-refractivity contribution >= 4 is 29.0 Å². The topological polar surface area (TPSA) is 49.4 Å². The molecule has 0 bridgehead atoms. The van der Waals surface area contributed by atoms with Crippen molar-refractivity contribution in [1.29, 1.82) is 0 Å². The number of nitrogens with one attached hydrogen (secondary N) is 1. The number of amides is 1. The van der Waals surface area contributed by atoms with Crippen molar-refractivity contribution in [3.8, 4) is 0 Å². The van der Waals surface area contributed by atoms with E-state index in [0.29, 0.717) is 34.8 Å². The maximum absolute atomic E-state index is 13.6. The first-order valence-corrected chi connectivity index (χ1v) is 10.6. The van der Waals surface area contributed by atoms with Gasteiger partial charge >= 0.3 is 0 Å². The summed E-state index contributed by atoms with van der Waals surface area (Å²) in [5.74, 6) is -0.805. The second-order valence-corrected chi connectivity index (χ2v) is 8.40. The monoisotopic (exact) mass is 448 g/mol. The first-order valence-electron chi connectivity index (χ1n) is 10.3. The van der Waals surface area contributed by atoms with Crippen LogP contribution in [0.3, 0.4) is 0 Å². The van der Waals surface area contributed by atoms with Gasteiger partial charge in [0, 0.05) is 22.7 Å². The Morgan fingerprint density at radius 2 is 1.84 bits per heavy atom. The molecule has 0 aromatic heterocycles. The lowest BCUT2D eigenvalue weighted by Gasteiger charge is -2.35. The van der Waals surface area contributed by atoms with E-state index in [4.69, 9.17) is 11.6 Å². The molecule has 0 unspecified atom stereocenters. The van der Waals surface area contributed by atoms with Gasteiger partial charge < -0.3 is 10.2 Å². The Balaban J connectivity index is 1.59. The maximum atomic E-state index is 13.6. The summed E-state index contributed by atoms with van der Waals surface area (Å²) < 4.78 is 13.6. The summed E-state index contributed by atoms with van der Waals surface area (Å²) in [6.45, 7) is 2.21. The molecule has 32 heavy (non-hydrogen) atoms. The number of halogens is 2. The molecule has 1 heterocycles. The minimum atomic E-state index is -0.890. The van der Waals surface area contributed by atoms with Crippen molar-refractivity contribution in [3.63, 3.8) is 0 Å². The van der Waals surface area contributed by atoms with Crippen molar-refractivity contribution < 1.29 is 14.0 Å². The summed E-state index contributed by atoms with van der Waals surface area (Å²) in [5.41, 5.74) is 1.10. The number of rotatable bonds is 6. The zero-order chi connectivity index (χ0) is 22.7. The van der Waals surface area contributed by atoms with Crippen LogP contribution in [0.4, 0.5) is 10.1 Å². The van der Waals surface area contributed by atoms with Crippen molar-refractivity contribution in [2.75, 3.05) is 5.32 Å². The van der Waals surface area contributed by atoms with E-state index in [1.54, 1.807) is 48.5 Å². The van der Waals surface area contributed by atoms with Crippen LogP contribution in [0.25, 0.3) is 0 Å². The predicted octanol–water partition coefficient (Wildman–Crippen LogP) is 5.83. The first kappa shape index (κ1) is 21.8. The number of anilines is 1. The summed E-state index contributed by atoms with van der Waals surface area (Å²) >= 11 is 6.15. The Hall–Kier alpha value is -3.44. The summed E-state index contributed by atoms with van der Waals surface area (Å²) in [6, 6.07) is 20.0. The van der Waals surface area contributed by atoms with E-state index in [-0.39, 0.29) is 17.5 Å². The lowest BCUT2D eigenvalue weighted by atomic mass is 9.95. The fraction of sp³-hybridized carbons (Fsp3) is 0.154. The highest BCUT2D eigenvalue weighted by Gasteiger charge is 2.40. The minimum absolute atomic E-state index is 0.227. The van der Waals surface area contributed by atoms with Gasteiger partial charge in [0.1, 0.15) is 11.4 Å². The molecule has 0 saturated carbocycles. The molecule has 4 rings (SSSR count). The fourth-order valence-electron chi connectivity index (χ4n) is 3.79. The molecular formula is C26H22ClFN2O2.